The van der Waals surface area contributed by atoms with Crippen LogP contribution in [-0.4, -0.2) is 24.0 Å². The van der Waals surface area contributed by atoms with Crippen molar-refractivity contribution in [2.24, 2.45) is 4.99 Å². The average molecular weight is 365 g/mol. The molecule has 0 aliphatic rings. The maximum absolute atomic E-state index is 4.74. The third-order valence-corrected chi connectivity index (χ3v) is 5.55. The van der Waals surface area contributed by atoms with Crippen molar-refractivity contribution in [3.8, 4) is 0 Å². The Morgan fingerprint density at radius 2 is 2.12 bits per heavy atom. The number of aliphatic imine (C=N–C) groups is 1. The number of hydrogen-bond acceptors (Lipinski definition) is 4. The minimum Gasteiger partial charge on any atom is -0.357 e. The summed E-state index contributed by atoms with van der Waals surface area (Å²) < 4.78 is 0. The summed E-state index contributed by atoms with van der Waals surface area (Å²) in [6.07, 6.45) is 0.880. The number of hydrogen-bond donors (Lipinski definition) is 2. The van der Waals surface area contributed by atoms with Crippen molar-refractivity contribution < 1.29 is 0 Å². The minimum absolute atomic E-state index is 0.116. The Balaban J connectivity index is 1.92. The van der Waals surface area contributed by atoms with Crippen LogP contribution in [-0.2, 0) is 11.8 Å². The summed E-state index contributed by atoms with van der Waals surface area (Å²) in [5.74, 6) is 0.867. The number of rotatable bonds is 6. The van der Waals surface area contributed by atoms with E-state index in [9.17, 15) is 0 Å². The zero-order valence-corrected chi connectivity index (χ0v) is 16.9. The maximum Gasteiger partial charge on any atom is 0.191 e. The van der Waals surface area contributed by atoms with Gasteiger partial charge in [0.15, 0.2) is 5.96 Å². The molecule has 0 fully saturated rings. The molecule has 24 heavy (non-hydrogen) atoms. The van der Waals surface area contributed by atoms with E-state index in [0.717, 1.165) is 30.5 Å². The van der Waals surface area contributed by atoms with E-state index in [-0.39, 0.29) is 11.5 Å². The fraction of sp³-hybridized carbons (Fsp3) is 0.556. The van der Waals surface area contributed by atoms with E-state index in [4.69, 9.17) is 9.98 Å². The van der Waals surface area contributed by atoms with Gasteiger partial charge in [0, 0.05) is 35.2 Å². The monoisotopic (exact) mass is 364 g/mol. The van der Waals surface area contributed by atoms with Gasteiger partial charge < -0.3 is 10.6 Å². The van der Waals surface area contributed by atoms with Crippen molar-refractivity contribution in [2.45, 2.75) is 52.5 Å². The molecule has 2 aromatic rings. The second kappa shape index (κ2) is 8.62. The number of thiophene rings is 1. The van der Waals surface area contributed by atoms with E-state index in [1.807, 2.05) is 0 Å². The van der Waals surface area contributed by atoms with Crippen molar-refractivity contribution in [3.63, 3.8) is 0 Å². The molecule has 2 heterocycles. The first-order chi connectivity index (χ1) is 11.4. The standard InChI is InChI=1S/C18H28N4S2/c1-6-19-17(21-13(2)14-8-7-11-23-14)20-10-9-16-22-15(12-24-16)18(3,4)5/h7-8,11-13H,6,9-10H2,1-5H3,(H2,19,20,21). The zero-order chi connectivity index (χ0) is 17.6. The number of thiazole rings is 1. The Bertz CT molecular complexity index is 638. The summed E-state index contributed by atoms with van der Waals surface area (Å²) in [5, 5.41) is 12.2. The van der Waals surface area contributed by atoms with Crippen LogP contribution < -0.4 is 10.6 Å². The molecule has 2 N–H and O–H groups in total. The average Bonchev–Trinajstić information content (AvgIpc) is 3.18. The van der Waals surface area contributed by atoms with Crippen LogP contribution in [0.15, 0.2) is 27.9 Å². The topological polar surface area (TPSA) is 49.3 Å². The number of aromatic nitrogens is 1. The first kappa shape index (κ1) is 18.9. The van der Waals surface area contributed by atoms with Crippen molar-refractivity contribution >= 4 is 28.6 Å². The second-order valence-electron chi connectivity index (χ2n) is 6.77. The van der Waals surface area contributed by atoms with E-state index >= 15 is 0 Å². The minimum atomic E-state index is 0.116. The highest BCUT2D eigenvalue weighted by molar-refractivity contribution is 7.10. The fourth-order valence-electron chi connectivity index (χ4n) is 2.17. The van der Waals surface area contributed by atoms with E-state index in [0.29, 0.717) is 0 Å². The van der Waals surface area contributed by atoms with Gasteiger partial charge >= 0.3 is 0 Å². The molecule has 4 nitrogen and oxygen atoms in total. The van der Waals surface area contributed by atoms with Gasteiger partial charge in [-0.3, -0.25) is 4.99 Å². The first-order valence-electron chi connectivity index (χ1n) is 8.43. The third-order valence-electron chi connectivity index (χ3n) is 3.58. The van der Waals surface area contributed by atoms with Crippen molar-refractivity contribution in [2.75, 3.05) is 13.1 Å². The quantitative estimate of drug-likeness (QED) is 0.591. The molecule has 0 aliphatic carbocycles. The molecular weight excluding hydrogens is 336 g/mol. The highest BCUT2D eigenvalue weighted by atomic mass is 32.1. The highest BCUT2D eigenvalue weighted by Crippen LogP contribution is 2.24. The molecular formula is C18H28N4S2. The lowest BCUT2D eigenvalue weighted by atomic mass is 9.93. The molecule has 0 amide bonds. The summed E-state index contributed by atoms with van der Waals surface area (Å²) in [7, 11) is 0. The molecule has 2 aromatic heterocycles. The number of nitrogens with zero attached hydrogens (tertiary/aromatic N) is 2. The molecule has 0 saturated heterocycles. The van der Waals surface area contributed by atoms with Crippen LogP contribution in [0, 0.1) is 0 Å². The predicted molar refractivity (Wildman–Crippen MR) is 106 cm³/mol. The molecule has 1 unspecified atom stereocenters. The zero-order valence-electron chi connectivity index (χ0n) is 15.2. The fourth-order valence-corrected chi connectivity index (χ4v) is 3.92. The van der Waals surface area contributed by atoms with Crippen LogP contribution in [0.5, 0.6) is 0 Å². The molecule has 132 valence electrons. The highest BCUT2D eigenvalue weighted by Gasteiger charge is 2.17. The van der Waals surface area contributed by atoms with Gasteiger partial charge in [-0.25, -0.2) is 4.98 Å². The largest absolute Gasteiger partial charge is 0.357 e. The summed E-state index contributed by atoms with van der Waals surface area (Å²) in [5.41, 5.74) is 1.28. The Morgan fingerprint density at radius 1 is 1.33 bits per heavy atom. The molecule has 6 heteroatoms. The maximum atomic E-state index is 4.74. The predicted octanol–water partition coefficient (Wildman–Crippen LogP) is 4.36. The summed E-state index contributed by atoms with van der Waals surface area (Å²) in [6, 6.07) is 4.49. The van der Waals surface area contributed by atoms with Crippen LogP contribution in [0.2, 0.25) is 0 Å². The van der Waals surface area contributed by atoms with Gasteiger partial charge in [0.05, 0.1) is 16.7 Å². The lowest BCUT2D eigenvalue weighted by Gasteiger charge is -2.16. The lowest BCUT2D eigenvalue weighted by molar-refractivity contribution is 0.571. The molecule has 0 bridgehead atoms. The van der Waals surface area contributed by atoms with Gasteiger partial charge in [-0.05, 0) is 25.3 Å². The molecule has 0 saturated carbocycles. The van der Waals surface area contributed by atoms with E-state index in [1.165, 1.54) is 10.6 Å². The van der Waals surface area contributed by atoms with Crippen LogP contribution in [0.1, 0.15) is 56.2 Å². The van der Waals surface area contributed by atoms with Gasteiger partial charge in [0.2, 0.25) is 0 Å². The summed E-state index contributed by atoms with van der Waals surface area (Å²) in [4.78, 5) is 10.7. The van der Waals surface area contributed by atoms with Crippen molar-refractivity contribution in [3.05, 3.63) is 38.5 Å². The number of nitrogens with one attached hydrogen (secondary N) is 2. The molecule has 0 spiro atoms. The van der Waals surface area contributed by atoms with E-state index in [2.05, 4.69) is 68.1 Å². The van der Waals surface area contributed by atoms with Crippen LogP contribution >= 0.6 is 22.7 Å². The van der Waals surface area contributed by atoms with Crippen molar-refractivity contribution in [1.29, 1.82) is 0 Å². The molecule has 2 rings (SSSR count). The summed E-state index contributed by atoms with van der Waals surface area (Å²) in [6.45, 7) is 12.4. The Morgan fingerprint density at radius 3 is 2.71 bits per heavy atom. The number of guanidine groups is 1. The van der Waals surface area contributed by atoms with E-state index in [1.54, 1.807) is 22.7 Å². The lowest BCUT2D eigenvalue weighted by Crippen LogP contribution is -2.38. The van der Waals surface area contributed by atoms with Gasteiger partial charge in [0.1, 0.15) is 0 Å². The second-order valence-corrected chi connectivity index (χ2v) is 8.69. The van der Waals surface area contributed by atoms with Crippen LogP contribution in [0.25, 0.3) is 0 Å². The first-order valence-corrected chi connectivity index (χ1v) is 10.2. The molecule has 1 atom stereocenters. The van der Waals surface area contributed by atoms with Gasteiger partial charge in [-0.2, -0.15) is 0 Å². The smallest absolute Gasteiger partial charge is 0.191 e. The molecule has 0 aliphatic heterocycles. The van der Waals surface area contributed by atoms with Gasteiger partial charge in [-0.15, -0.1) is 22.7 Å². The Labute approximate surface area is 153 Å². The van der Waals surface area contributed by atoms with Crippen LogP contribution in [0.3, 0.4) is 0 Å². The Kier molecular flexibility index (Phi) is 6.80. The third kappa shape index (κ3) is 5.60. The summed E-state index contributed by atoms with van der Waals surface area (Å²) >= 11 is 3.50. The van der Waals surface area contributed by atoms with Gasteiger partial charge in [0.25, 0.3) is 0 Å². The SMILES string of the molecule is CCNC(=NCCc1nc(C(C)(C)C)cs1)NC(C)c1cccs1. The molecule has 0 aromatic carbocycles. The van der Waals surface area contributed by atoms with Gasteiger partial charge in [-0.1, -0.05) is 26.8 Å². The Hall–Kier alpha value is -1.40. The molecule has 0 radical (unpaired) electrons. The van der Waals surface area contributed by atoms with Crippen molar-refractivity contribution in [1.82, 2.24) is 15.6 Å². The van der Waals surface area contributed by atoms with E-state index < -0.39 is 0 Å². The van der Waals surface area contributed by atoms with Crippen LogP contribution in [0.4, 0.5) is 0 Å². The normalized spacial score (nSPS) is 13.8.